The van der Waals surface area contributed by atoms with Crippen molar-refractivity contribution in [3.8, 4) is 17.0 Å². The molecule has 21 heavy (non-hydrogen) atoms. The Kier molecular flexibility index (Phi) is 4.93. The zero-order valence-electron chi connectivity index (χ0n) is 12.3. The Morgan fingerprint density at radius 1 is 1.19 bits per heavy atom. The molecule has 2 rings (SSSR count). The Bertz CT molecular complexity index is 689. The minimum absolute atomic E-state index is 0.180. The molecule has 0 unspecified atom stereocenters. The molecule has 0 aliphatic rings. The number of aromatic nitrogens is 1. The summed E-state index contributed by atoms with van der Waals surface area (Å²) in [5, 5.41) is 0. The van der Waals surface area contributed by atoms with Crippen LogP contribution in [0.2, 0.25) is 0 Å². The largest absolute Gasteiger partial charge is 0.494 e. The molecular formula is C17H19NO3. The first-order valence-corrected chi connectivity index (χ1v) is 7.13. The van der Waals surface area contributed by atoms with Gasteiger partial charge in [-0.2, -0.15) is 0 Å². The summed E-state index contributed by atoms with van der Waals surface area (Å²) < 4.78 is 7.22. The molecule has 0 amide bonds. The van der Waals surface area contributed by atoms with Crippen molar-refractivity contribution in [3.05, 3.63) is 52.3 Å². The van der Waals surface area contributed by atoms with Gasteiger partial charge in [0.1, 0.15) is 5.75 Å². The van der Waals surface area contributed by atoms with Gasteiger partial charge in [0.2, 0.25) is 0 Å². The molecule has 0 atom stereocenters. The number of hydrogen-bond donors (Lipinski definition) is 0. The zero-order valence-corrected chi connectivity index (χ0v) is 12.3. The molecule has 1 aromatic heterocycles. The first-order chi connectivity index (χ1) is 10.2. The van der Waals surface area contributed by atoms with Gasteiger partial charge in [0.15, 0.2) is 6.29 Å². The van der Waals surface area contributed by atoms with Gasteiger partial charge in [-0.3, -0.25) is 9.59 Å². The summed E-state index contributed by atoms with van der Waals surface area (Å²) in [6.07, 6.45) is 1.54. The van der Waals surface area contributed by atoms with Gasteiger partial charge in [0.05, 0.1) is 17.9 Å². The number of carbonyl (C=O) groups excluding carboxylic acids is 1. The van der Waals surface area contributed by atoms with E-state index < -0.39 is 0 Å². The van der Waals surface area contributed by atoms with E-state index in [0.29, 0.717) is 19.4 Å². The highest BCUT2D eigenvalue weighted by molar-refractivity contribution is 5.75. The zero-order chi connectivity index (χ0) is 15.2. The minimum Gasteiger partial charge on any atom is -0.494 e. The third-order valence-electron chi connectivity index (χ3n) is 3.25. The molecule has 0 aliphatic heterocycles. The van der Waals surface area contributed by atoms with Gasteiger partial charge in [-0.1, -0.05) is 19.1 Å². The van der Waals surface area contributed by atoms with Crippen LogP contribution in [-0.4, -0.2) is 17.5 Å². The summed E-state index contributed by atoms with van der Waals surface area (Å²) in [5.74, 6) is 0.781. The van der Waals surface area contributed by atoms with Crippen LogP contribution < -0.4 is 10.3 Å². The summed E-state index contributed by atoms with van der Waals surface area (Å²) in [7, 11) is 0. The van der Waals surface area contributed by atoms with E-state index in [9.17, 15) is 9.59 Å². The quantitative estimate of drug-likeness (QED) is 0.766. The molecule has 4 nitrogen and oxygen atoms in total. The molecular weight excluding hydrogens is 266 g/mol. The van der Waals surface area contributed by atoms with E-state index in [-0.39, 0.29) is 11.1 Å². The average Bonchev–Trinajstić information content (AvgIpc) is 2.52. The Balaban J connectivity index is 2.49. The molecule has 0 N–H and O–H groups in total. The van der Waals surface area contributed by atoms with Gasteiger partial charge in [-0.25, -0.2) is 0 Å². The lowest BCUT2D eigenvalue weighted by molar-refractivity contribution is 0.112. The van der Waals surface area contributed by atoms with Crippen LogP contribution in [0.5, 0.6) is 5.75 Å². The minimum atomic E-state index is -0.259. The molecule has 110 valence electrons. The van der Waals surface area contributed by atoms with Gasteiger partial charge in [-0.05, 0) is 37.6 Å². The van der Waals surface area contributed by atoms with Crippen molar-refractivity contribution in [1.82, 2.24) is 4.57 Å². The summed E-state index contributed by atoms with van der Waals surface area (Å²) in [6, 6.07) is 11.0. The molecule has 0 spiro atoms. The van der Waals surface area contributed by atoms with Crippen LogP contribution in [0.15, 0.2) is 41.2 Å². The van der Waals surface area contributed by atoms with Gasteiger partial charge < -0.3 is 9.30 Å². The maximum absolute atomic E-state index is 12.2. The van der Waals surface area contributed by atoms with Crippen molar-refractivity contribution in [1.29, 1.82) is 0 Å². The Morgan fingerprint density at radius 3 is 2.67 bits per heavy atom. The first kappa shape index (κ1) is 15.0. The third-order valence-corrected chi connectivity index (χ3v) is 3.25. The first-order valence-electron chi connectivity index (χ1n) is 7.13. The maximum Gasteiger partial charge on any atom is 0.261 e. The summed E-state index contributed by atoms with van der Waals surface area (Å²) in [6.45, 7) is 5.11. The van der Waals surface area contributed by atoms with Gasteiger partial charge in [0, 0.05) is 12.1 Å². The highest BCUT2D eigenvalue weighted by atomic mass is 16.5. The van der Waals surface area contributed by atoms with E-state index in [0.717, 1.165) is 23.4 Å². The monoisotopic (exact) mass is 285 g/mol. The lowest BCUT2D eigenvalue weighted by Crippen LogP contribution is -2.24. The van der Waals surface area contributed by atoms with Crippen LogP contribution in [0, 0.1) is 0 Å². The fourth-order valence-corrected chi connectivity index (χ4v) is 2.22. The lowest BCUT2D eigenvalue weighted by Gasteiger charge is -2.13. The average molecular weight is 285 g/mol. The number of rotatable bonds is 6. The van der Waals surface area contributed by atoms with Crippen molar-refractivity contribution in [2.24, 2.45) is 0 Å². The van der Waals surface area contributed by atoms with E-state index in [1.807, 2.05) is 31.2 Å². The van der Waals surface area contributed by atoms with Crippen molar-refractivity contribution < 1.29 is 9.53 Å². The number of ether oxygens (including phenoxy) is 1. The molecule has 0 fully saturated rings. The number of nitrogens with zero attached hydrogens (tertiary/aromatic N) is 1. The molecule has 2 aromatic rings. The van der Waals surface area contributed by atoms with Crippen LogP contribution in [0.4, 0.5) is 0 Å². The topological polar surface area (TPSA) is 48.3 Å². The Labute approximate surface area is 124 Å². The van der Waals surface area contributed by atoms with Crippen LogP contribution in [0.3, 0.4) is 0 Å². The fourth-order valence-electron chi connectivity index (χ4n) is 2.22. The molecule has 0 saturated heterocycles. The van der Waals surface area contributed by atoms with Gasteiger partial charge in [-0.15, -0.1) is 0 Å². The predicted molar refractivity (Wildman–Crippen MR) is 83.0 cm³/mol. The van der Waals surface area contributed by atoms with E-state index in [4.69, 9.17) is 4.74 Å². The SMILES string of the molecule is CCCOc1cccc(-c2ccc(C=O)c(=O)n2CC)c1. The molecule has 0 bridgehead atoms. The molecule has 1 aromatic carbocycles. The molecule has 1 heterocycles. The van der Waals surface area contributed by atoms with Crippen LogP contribution in [0.25, 0.3) is 11.3 Å². The maximum atomic E-state index is 12.2. The molecule has 0 saturated carbocycles. The van der Waals surface area contributed by atoms with Crippen molar-refractivity contribution in [2.75, 3.05) is 6.61 Å². The molecule has 0 radical (unpaired) electrons. The number of carbonyl (C=O) groups is 1. The lowest BCUT2D eigenvalue weighted by atomic mass is 10.1. The van der Waals surface area contributed by atoms with Crippen LogP contribution in [-0.2, 0) is 6.54 Å². The molecule has 4 heteroatoms. The van der Waals surface area contributed by atoms with Gasteiger partial charge in [0.25, 0.3) is 5.56 Å². The Hall–Kier alpha value is -2.36. The molecule has 0 aliphatic carbocycles. The second-order valence-electron chi connectivity index (χ2n) is 4.72. The van der Waals surface area contributed by atoms with E-state index in [1.165, 1.54) is 0 Å². The van der Waals surface area contributed by atoms with Crippen molar-refractivity contribution in [3.63, 3.8) is 0 Å². The highest BCUT2D eigenvalue weighted by Crippen LogP contribution is 2.23. The third kappa shape index (κ3) is 3.21. The number of benzene rings is 1. The number of aldehydes is 1. The second kappa shape index (κ2) is 6.88. The highest BCUT2D eigenvalue weighted by Gasteiger charge is 2.09. The number of pyridine rings is 1. The van der Waals surface area contributed by atoms with Crippen LogP contribution >= 0.6 is 0 Å². The fraction of sp³-hybridized carbons (Fsp3) is 0.294. The summed E-state index contributed by atoms with van der Waals surface area (Å²) >= 11 is 0. The van der Waals surface area contributed by atoms with E-state index in [1.54, 1.807) is 16.7 Å². The van der Waals surface area contributed by atoms with Crippen molar-refractivity contribution >= 4 is 6.29 Å². The predicted octanol–water partition coefficient (Wildman–Crippen LogP) is 3.14. The number of hydrogen-bond acceptors (Lipinski definition) is 3. The van der Waals surface area contributed by atoms with Crippen molar-refractivity contribution in [2.45, 2.75) is 26.8 Å². The Morgan fingerprint density at radius 2 is 2.00 bits per heavy atom. The smallest absolute Gasteiger partial charge is 0.261 e. The summed E-state index contributed by atoms with van der Waals surface area (Å²) in [4.78, 5) is 23.1. The standard InChI is InChI=1S/C17H19NO3/c1-3-10-21-15-7-5-6-13(11-15)16-9-8-14(12-19)17(20)18(16)4-2/h5-9,11-12H,3-4,10H2,1-2H3. The van der Waals surface area contributed by atoms with Gasteiger partial charge >= 0.3 is 0 Å². The second-order valence-corrected chi connectivity index (χ2v) is 4.72. The van der Waals surface area contributed by atoms with E-state index in [2.05, 4.69) is 6.92 Å². The van der Waals surface area contributed by atoms with E-state index >= 15 is 0 Å². The van der Waals surface area contributed by atoms with Crippen LogP contribution in [0.1, 0.15) is 30.6 Å². The summed E-state index contributed by atoms with van der Waals surface area (Å²) in [5.41, 5.74) is 1.61. The normalized spacial score (nSPS) is 10.4.